The Hall–Kier alpha value is -1.53. The van der Waals surface area contributed by atoms with E-state index >= 15 is 0 Å². The first-order valence-electron chi connectivity index (χ1n) is 8.39. The Morgan fingerprint density at radius 3 is 2.67 bits per heavy atom. The highest BCUT2D eigenvalue weighted by Gasteiger charge is 2.33. The number of amides is 1. The molecule has 2 aromatic rings. The number of carbonyl (C=O) groups excluding carboxylic acids is 1. The second-order valence-electron chi connectivity index (χ2n) is 5.99. The summed E-state index contributed by atoms with van der Waals surface area (Å²) in [5.41, 5.74) is 1.44. The topological polar surface area (TPSA) is 29.5 Å². The quantitative estimate of drug-likeness (QED) is 0.390. The average molecular weight is 438 g/mol. The van der Waals surface area contributed by atoms with E-state index in [1.807, 2.05) is 37.3 Å². The van der Waals surface area contributed by atoms with Gasteiger partial charge in [-0.15, -0.1) is 0 Å². The van der Waals surface area contributed by atoms with Crippen molar-refractivity contribution in [2.75, 3.05) is 4.90 Å². The van der Waals surface area contributed by atoms with Crippen molar-refractivity contribution < 1.29 is 9.53 Å². The maximum absolute atomic E-state index is 12.9. The fourth-order valence-corrected chi connectivity index (χ4v) is 4.05. The zero-order valence-corrected chi connectivity index (χ0v) is 17.9. The van der Waals surface area contributed by atoms with E-state index in [1.54, 1.807) is 18.2 Å². The van der Waals surface area contributed by atoms with Crippen LogP contribution in [0.5, 0.6) is 5.75 Å². The largest absolute Gasteiger partial charge is 0.490 e. The normalized spacial score (nSPS) is 16.9. The van der Waals surface area contributed by atoms with Crippen molar-refractivity contribution in [2.24, 2.45) is 0 Å². The van der Waals surface area contributed by atoms with Crippen LogP contribution < -0.4 is 9.64 Å². The van der Waals surface area contributed by atoms with Gasteiger partial charge < -0.3 is 4.74 Å². The van der Waals surface area contributed by atoms with Crippen molar-refractivity contribution in [3.63, 3.8) is 0 Å². The maximum Gasteiger partial charge on any atom is 0.270 e. The van der Waals surface area contributed by atoms with E-state index in [-0.39, 0.29) is 12.0 Å². The standard InChI is InChI=1S/C20H17Cl2NO2S2/c1-3-12(2)25-17-7-5-4-6-13(17)10-18-19(24)23(20(26)27-18)14-8-9-15(21)16(22)11-14/h4-12H,3H2,1-2H3/b18-10-/t12-/m1/s1. The lowest BCUT2D eigenvalue weighted by Gasteiger charge is -2.15. The SMILES string of the molecule is CC[C@@H](C)Oc1ccccc1/C=C1\SC(=S)N(c2ccc(Cl)c(Cl)c2)C1=O. The van der Waals surface area contributed by atoms with Crippen molar-refractivity contribution in [1.29, 1.82) is 0 Å². The average Bonchev–Trinajstić information content (AvgIpc) is 2.92. The van der Waals surface area contributed by atoms with Crippen LogP contribution in [-0.2, 0) is 4.79 Å². The molecule has 2 aromatic carbocycles. The zero-order valence-electron chi connectivity index (χ0n) is 14.7. The van der Waals surface area contributed by atoms with E-state index in [0.29, 0.717) is 25.0 Å². The Bertz CT molecular complexity index is 930. The molecule has 0 unspecified atom stereocenters. The highest BCUT2D eigenvalue weighted by molar-refractivity contribution is 8.27. The first-order valence-corrected chi connectivity index (χ1v) is 10.4. The number of hydrogen-bond donors (Lipinski definition) is 0. The van der Waals surface area contributed by atoms with E-state index in [0.717, 1.165) is 17.7 Å². The molecule has 140 valence electrons. The fraction of sp³-hybridized carbons (Fsp3) is 0.200. The lowest BCUT2D eigenvalue weighted by molar-refractivity contribution is -0.113. The minimum Gasteiger partial charge on any atom is -0.490 e. The second kappa shape index (κ2) is 8.65. The zero-order chi connectivity index (χ0) is 19.6. The molecule has 1 heterocycles. The highest BCUT2D eigenvalue weighted by Crippen LogP contribution is 2.38. The van der Waals surface area contributed by atoms with Gasteiger partial charge in [0.2, 0.25) is 0 Å². The van der Waals surface area contributed by atoms with E-state index in [1.165, 1.54) is 16.7 Å². The lowest BCUT2D eigenvalue weighted by atomic mass is 10.1. The Morgan fingerprint density at radius 1 is 1.22 bits per heavy atom. The summed E-state index contributed by atoms with van der Waals surface area (Å²) >= 11 is 18.7. The minimum atomic E-state index is -0.193. The number of ether oxygens (including phenoxy) is 1. The van der Waals surface area contributed by atoms with Gasteiger partial charge in [-0.05, 0) is 43.7 Å². The van der Waals surface area contributed by atoms with Gasteiger partial charge in [-0.25, -0.2) is 0 Å². The Labute approximate surface area is 178 Å². The molecule has 1 aliphatic heterocycles. The third-order valence-electron chi connectivity index (χ3n) is 4.06. The summed E-state index contributed by atoms with van der Waals surface area (Å²) in [4.78, 5) is 14.9. The highest BCUT2D eigenvalue weighted by atomic mass is 35.5. The van der Waals surface area contributed by atoms with Gasteiger partial charge in [0.15, 0.2) is 4.32 Å². The third-order valence-corrected chi connectivity index (χ3v) is 6.10. The number of halogens is 2. The molecule has 3 nitrogen and oxygen atoms in total. The smallest absolute Gasteiger partial charge is 0.270 e. The van der Waals surface area contributed by atoms with Crippen LogP contribution in [0.15, 0.2) is 47.4 Å². The molecule has 0 saturated carbocycles. The van der Waals surface area contributed by atoms with Crippen molar-refractivity contribution in [1.82, 2.24) is 0 Å². The Kier molecular flexibility index (Phi) is 6.48. The minimum absolute atomic E-state index is 0.0882. The van der Waals surface area contributed by atoms with Gasteiger partial charge in [-0.3, -0.25) is 9.69 Å². The van der Waals surface area contributed by atoms with Gasteiger partial charge in [0.1, 0.15) is 5.75 Å². The molecule has 7 heteroatoms. The number of para-hydroxylation sites is 1. The summed E-state index contributed by atoms with van der Waals surface area (Å²) in [7, 11) is 0. The van der Waals surface area contributed by atoms with Crippen LogP contribution in [0.2, 0.25) is 10.0 Å². The Balaban J connectivity index is 1.92. The van der Waals surface area contributed by atoms with Crippen molar-refractivity contribution in [3.05, 3.63) is 63.0 Å². The lowest BCUT2D eigenvalue weighted by Crippen LogP contribution is -2.27. The van der Waals surface area contributed by atoms with Crippen LogP contribution in [0.1, 0.15) is 25.8 Å². The van der Waals surface area contributed by atoms with Crippen LogP contribution in [0.25, 0.3) is 6.08 Å². The molecule has 0 bridgehead atoms. The summed E-state index contributed by atoms with van der Waals surface area (Å²) in [6, 6.07) is 12.7. The summed E-state index contributed by atoms with van der Waals surface area (Å²) in [5, 5.41) is 0.803. The summed E-state index contributed by atoms with van der Waals surface area (Å²) in [5.74, 6) is 0.549. The van der Waals surface area contributed by atoms with Gasteiger partial charge in [0, 0.05) is 5.56 Å². The van der Waals surface area contributed by atoms with Gasteiger partial charge in [-0.1, -0.05) is 72.3 Å². The van der Waals surface area contributed by atoms with Crippen LogP contribution in [-0.4, -0.2) is 16.3 Å². The molecule has 1 amide bonds. The monoisotopic (exact) mass is 437 g/mol. The van der Waals surface area contributed by atoms with Gasteiger partial charge in [-0.2, -0.15) is 0 Å². The van der Waals surface area contributed by atoms with E-state index in [2.05, 4.69) is 6.92 Å². The molecule has 27 heavy (non-hydrogen) atoms. The van der Waals surface area contributed by atoms with Gasteiger partial charge in [0.05, 0.1) is 26.7 Å². The maximum atomic E-state index is 12.9. The number of rotatable bonds is 5. The molecule has 0 aromatic heterocycles. The molecule has 0 radical (unpaired) electrons. The number of benzene rings is 2. The summed E-state index contributed by atoms with van der Waals surface area (Å²) < 4.78 is 6.41. The van der Waals surface area contributed by atoms with E-state index < -0.39 is 0 Å². The second-order valence-corrected chi connectivity index (χ2v) is 8.48. The number of nitrogens with zero attached hydrogens (tertiary/aromatic N) is 1. The van der Waals surface area contributed by atoms with Crippen molar-refractivity contribution >= 4 is 69.2 Å². The summed E-state index contributed by atoms with van der Waals surface area (Å²) in [6.07, 6.45) is 2.80. The Morgan fingerprint density at radius 2 is 1.96 bits per heavy atom. The molecule has 1 aliphatic rings. The number of thiocarbonyl (C=S) groups is 1. The third kappa shape index (κ3) is 4.49. The fourth-order valence-electron chi connectivity index (χ4n) is 2.46. The molecule has 1 fully saturated rings. The van der Waals surface area contributed by atoms with Gasteiger partial charge >= 0.3 is 0 Å². The van der Waals surface area contributed by atoms with Crippen LogP contribution in [0, 0.1) is 0 Å². The number of anilines is 1. The molecule has 0 N–H and O–H groups in total. The van der Waals surface area contributed by atoms with Crippen LogP contribution in [0.3, 0.4) is 0 Å². The first-order chi connectivity index (χ1) is 12.9. The predicted octanol–water partition coefficient (Wildman–Crippen LogP) is 6.58. The molecule has 0 aliphatic carbocycles. The molecule has 3 rings (SSSR count). The molecule has 0 spiro atoms. The number of carbonyl (C=O) groups is 1. The molecular formula is C20H17Cl2NO2S2. The number of thioether (sulfide) groups is 1. The van der Waals surface area contributed by atoms with Crippen molar-refractivity contribution in [3.8, 4) is 5.75 Å². The van der Waals surface area contributed by atoms with Crippen molar-refractivity contribution in [2.45, 2.75) is 26.4 Å². The summed E-state index contributed by atoms with van der Waals surface area (Å²) in [6.45, 7) is 4.08. The predicted molar refractivity (Wildman–Crippen MR) is 119 cm³/mol. The first kappa shape index (κ1) is 20.2. The van der Waals surface area contributed by atoms with Gasteiger partial charge in [0.25, 0.3) is 5.91 Å². The van der Waals surface area contributed by atoms with E-state index in [9.17, 15) is 4.79 Å². The van der Waals surface area contributed by atoms with Crippen LogP contribution in [0.4, 0.5) is 5.69 Å². The van der Waals surface area contributed by atoms with E-state index in [4.69, 9.17) is 40.2 Å². The molecular weight excluding hydrogens is 421 g/mol. The molecule has 1 atom stereocenters. The number of hydrogen-bond acceptors (Lipinski definition) is 4. The molecule has 1 saturated heterocycles. The van der Waals surface area contributed by atoms with Crippen LogP contribution >= 0.6 is 47.2 Å².